The molecule has 9 heteroatoms. The minimum Gasteiger partial charge on any atom is -0.508 e. The van der Waals surface area contributed by atoms with Crippen LogP contribution in [0.1, 0.15) is 16.1 Å². The lowest BCUT2D eigenvalue weighted by Gasteiger charge is -2.06. The number of nitro groups is 1. The van der Waals surface area contributed by atoms with E-state index >= 15 is 0 Å². The lowest BCUT2D eigenvalue weighted by molar-refractivity contribution is -0.384. The lowest BCUT2D eigenvalue weighted by Crippen LogP contribution is -2.22. The number of nitrogens with one attached hydrogen (secondary N) is 1. The first-order valence-electron chi connectivity index (χ1n) is 7.65. The lowest BCUT2D eigenvalue weighted by atomic mass is 10.1. The number of halogens is 2. The van der Waals surface area contributed by atoms with Crippen molar-refractivity contribution >= 4 is 34.8 Å². The first-order chi connectivity index (χ1) is 12.8. The molecule has 3 rings (SSSR count). The topological polar surface area (TPSA) is 106 Å². The Balaban J connectivity index is 1.75. The third-order valence-corrected chi connectivity index (χ3v) is 4.30. The number of non-ortho nitro benzene ring substituents is 1. The molecule has 3 aromatic rings. The van der Waals surface area contributed by atoms with Crippen LogP contribution in [0.2, 0.25) is 10.0 Å². The smallest absolute Gasteiger partial charge is 0.287 e. The Morgan fingerprint density at radius 3 is 2.67 bits per heavy atom. The molecular formula is C18H12Cl2N2O5. The molecule has 0 spiro atoms. The summed E-state index contributed by atoms with van der Waals surface area (Å²) in [5, 5.41) is 24.0. The van der Waals surface area contributed by atoms with Gasteiger partial charge in [0.15, 0.2) is 5.76 Å². The summed E-state index contributed by atoms with van der Waals surface area (Å²) < 4.78 is 5.52. The van der Waals surface area contributed by atoms with Crippen molar-refractivity contribution in [1.82, 2.24) is 5.32 Å². The van der Waals surface area contributed by atoms with Crippen LogP contribution < -0.4 is 5.32 Å². The highest BCUT2D eigenvalue weighted by atomic mass is 35.5. The van der Waals surface area contributed by atoms with Crippen LogP contribution in [0, 0.1) is 10.1 Å². The molecule has 1 aromatic heterocycles. The van der Waals surface area contributed by atoms with E-state index in [1.165, 1.54) is 24.3 Å². The number of hydrogen-bond acceptors (Lipinski definition) is 5. The van der Waals surface area contributed by atoms with Crippen molar-refractivity contribution in [3.8, 4) is 17.1 Å². The highest BCUT2D eigenvalue weighted by molar-refractivity contribution is 6.35. The molecule has 2 N–H and O–H groups in total. The number of nitro benzene ring substituents is 1. The van der Waals surface area contributed by atoms with Crippen LogP contribution >= 0.6 is 23.2 Å². The number of carbonyl (C=O) groups is 1. The number of carbonyl (C=O) groups excluding carboxylic acids is 1. The summed E-state index contributed by atoms with van der Waals surface area (Å²) in [5.74, 6) is -0.325. The van der Waals surface area contributed by atoms with Gasteiger partial charge in [-0.2, -0.15) is 0 Å². The monoisotopic (exact) mass is 406 g/mol. The molecule has 1 amide bonds. The van der Waals surface area contributed by atoms with Crippen molar-refractivity contribution in [3.63, 3.8) is 0 Å². The average molecular weight is 407 g/mol. The van der Waals surface area contributed by atoms with Gasteiger partial charge in [0.2, 0.25) is 0 Å². The fourth-order valence-corrected chi connectivity index (χ4v) is 2.76. The highest BCUT2D eigenvalue weighted by Gasteiger charge is 2.16. The van der Waals surface area contributed by atoms with Crippen molar-refractivity contribution in [3.05, 3.63) is 80.0 Å². The van der Waals surface area contributed by atoms with E-state index in [1.807, 2.05) is 0 Å². The summed E-state index contributed by atoms with van der Waals surface area (Å²) in [5.41, 5.74) is 0.565. The number of benzene rings is 2. The minimum atomic E-state index is -0.585. The molecule has 7 nitrogen and oxygen atoms in total. The van der Waals surface area contributed by atoms with E-state index in [0.29, 0.717) is 21.4 Å². The molecule has 0 radical (unpaired) electrons. The zero-order valence-electron chi connectivity index (χ0n) is 13.6. The van der Waals surface area contributed by atoms with Gasteiger partial charge in [-0.25, -0.2) is 0 Å². The second-order valence-corrected chi connectivity index (χ2v) is 6.38. The number of phenolic OH excluding ortho intramolecular Hbond substituents is 1. The Labute approximate surface area is 163 Å². The fraction of sp³-hybridized carbons (Fsp3) is 0.0556. The van der Waals surface area contributed by atoms with Crippen LogP contribution in [-0.4, -0.2) is 15.9 Å². The Bertz CT molecular complexity index is 1030. The van der Waals surface area contributed by atoms with Crippen LogP contribution in [0.25, 0.3) is 11.3 Å². The van der Waals surface area contributed by atoms with Gasteiger partial charge in [0.1, 0.15) is 11.5 Å². The van der Waals surface area contributed by atoms with Crippen molar-refractivity contribution < 1.29 is 19.2 Å². The molecule has 0 saturated heterocycles. The van der Waals surface area contributed by atoms with E-state index in [1.54, 1.807) is 24.3 Å². The third kappa shape index (κ3) is 4.21. The van der Waals surface area contributed by atoms with Gasteiger partial charge in [-0.05, 0) is 36.4 Å². The summed E-state index contributed by atoms with van der Waals surface area (Å²) in [7, 11) is 0. The van der Waals surface area contributed by atoms with Gasteiger partial charge in [-0.15, -0.1) is 0 Å². The van der Waals surface area contributed by atoms with Crippen molar-refractivity contribution in [2.75, 3.05) is 0 Å². The molecule has 138 valence electrons. The maximum Gasteiger partial charge on any atom is 0.287 e. The Morgan fingerprint density at radius 1 is 1.15 bits per heavy atom. The predicted molar refractivity (Wildman–Crippen MR) is 100 cm³/mol. The molecule has 0 aliphatic carbocycles. The van der Waals surface area contributed by atoms with E-state index in [9.17, 15) is 20.0 Å². The number of amides is 1. The van der Waals surface area contributed by atoms with E-state index in [4.69, 9.17) is 27.6 Å². The van der Waals surface area contributed by atoms with Crippen molar-refractivity contribution in [2.45, 2.75) is 6.54 Å². The molecule has 0 bridgehead atoms. The first-order valence-corrected chi connectivity index (χ1v) is 8.40. The van der Waals surface area contributed by atoms with Gasteiger partial charge < -0.3 is 14.8 Å². The van der Waals surface area contributed by atoms with Gasteiger partial charge in [-0.3, -0.25) is 14.9 Å². The number of rotatable bonds is 5. The minimum absolute atomic E-state index is 0.0194. The third-order valence-electron chi connectivity index (χ3n) is 3.74. The summed E-state index contributed by atoms with van der Waals surface area (Å²) in [6, 6.07) is 11.5. The van der Waals surface area contributed by atoms with Crippen molar-refractivity contribution in [1.29, 1.82) is 0 Å². The molecule has 1 heterocycles. The Hall–Kier alpha value is -3.03. The van der Waals surface area contributed by atoms with E-state index in [-0.39, 0.29) is 29.3 Å². The summed E-state index contributed by atoms with van der Waals surface area (Å²) in [6.45, 7) is -0.111. The highest BCUT2D eigenvalue weighted by Crippen LogP contribution is 2.32. The quantitative estimate of drug-likeness (QED) is 0.467. The Morgan fingerprint density at radius 2 is 1.93 bits per heavy atom. The average Bonchev–Trinajstić information content (AvgIpc) is 3.12. The van der Waals surface area contributed by atoms with Crippen LogP contribution in [0.5, 0.6) is 5.75 Å². The van der Waals surface area contributed by atoms with Crippen LogP contribution in [0.3, 0.4) is 0 Å². The number of hydrogen-bond donors (Lipinski definition) is 2. The number of phenols is 1. The zero-order chi connectivity index (χ0) is 19.6. The van der Waals surface area contributed by atoms with Gasteiger partial charge in [-0.1, -0.05) is 23.2 Å². The largest absolute Gasteiger partial charge is 0.508 e. The van der Waals surface area contributed by atoms with Gasteiger partial charge in [0.05, 0.1) is 9.95 Å². The second kappa shape index (κ2) is 7.69. The molecule has 0 atom stereocenters. The first kappa shape index (κ1) is 18.8. The maximum absolute atomic E-state index is 12.3. The van der Waals surface area contributed by atoms with Gasteiger partial charge in [0.25, 0.3) is 11.6 Å². The standard InChI is InChI=1S/C18H12Cl2N2O5/c19-11-1-3-14(20)13(8-11)16-5-6-17(27-16)18(24)21-9-10-7-12(22(25)26)2-4-15(10)23/h1-8,23H,9H2,(H,21,24). The summed E-state index contributed by atoms with van der Waals surface area (Å²) >= 11 is 12.1. The van der Waals surface area contributed by atoms with Crippen LogP contribution in [0.4, 0.5) is 5.69 Å². The molecule has 0 fully saturated rings. The Kier molecular flexibility index (Phi) is 5.34. The summed E-state index contributed by atoms with van der Waals surface area (Å²) in [6.07, 6.45) is 0. The zero-order valence-corrected chi connectivity index (χ0v) is 15.1. The van der Waals surface area contributed by atoms with Gasteiger partial charge >= 0.3 is 0 Å². The second-order valence-electron chi connectivity index (χ2n) is 5.54. The fourth-order valence-electron chi connectivity index (χ4n) is 2.38. The molecule has 27 heavy (non-hydrogen) atoms. The van der Waals surface area contributed by atoms with Gasteiger partial charge in [0, 0.05) is 34.8 Å². The number of aromatic hydroxyl groups is 1. The van der Waals surface area contributed by atoms with E-state index in [2.05, 4.69) is 5.32 Å². The normalized spacial score (nSPS) is 10.6. The van der Waals surface area contributed by atoms with E-state index in [0.717, 1.165) is 0 Å². The van der Waals surface area contributed by atoms with E-state index < -0.39 is 10.8 Å². The molecule has 0 aliphatic heterocycles. The molecule has 0 saturated carbocycles. The molecule has 2 aromatic carbocycles. The van der Waals surface area contributed by atoms with Crippen molar-refractivity contribution in [2.24, 2.45) is 0 Å². The van der Waals surface area contributed by atoms with Crippen LogP contribution in [-0.2, 0) is 6.54 Å². The molecular weight excluding hydrogens is 395 g/mol. The maximum atomic E-state index is 12.3. The number of nitrogens with zero attached hydrogens (tertiary/aromatic N) is 1. The molecule has 0 aliphatic rings. The molecule has 0 unspecified atom stereocenters. The van der Waals surface area contributed by atoms with Crippen LogP contribution in [0.15, 0.2) is 52.9 Å². The predicted octanol–water partition coefficient (Wildman–Crippen LogP) is 4.80. The number of furan rings is 1. The summed E-state index contributed by atoms with van der Waals surface area (Å²) in [4.78, 5) is 22.5. The SMILES string of the molecule is O=C(NCc1cc([N+](=O)[O-])ccc1O)c1ccc(-c2cc(Cl)ccc2Cl)o1.